The molecule has 1 aliphatic rings. The van der Waals surface area contributed by atoms with Crippen molar-refractivity contribution in [2.45, 2.75) is 31.9 Å². The predicted molar refractivity (Wildman–Crippen MR) is 85.1 cm³/mol. The molecule has 2 N–H and O–H groups in total. The molecule has 0 aromatic carbocycles. The number of hydrogen-bond donors (Lipinski definition) is 2. The van der Waals surface area contributed by atoms with E-state index in [0.717, 1.165) is 0 Å². The van der Waals surface area contributed by atoms with Crippen molar-refractivity contribution in [2.75, 3.05) is 20.1 Å². The van der Waals surface area contributed by atoms with E-state index in [1.165, 1.54) is 0 Å². The van der Waals surface area contributed by atoms with E-state index < -0.39 is 12.1 Å². The Morgan fingerprint density at radius 1 is 1.25 bits per heavy atom. The molecule has 1 fully saturated rings. The highest BCUT2D eigenvalue weighted by Gasteiger charge is 2.41. The van der Waals surface area contributed by atoms with Crippen molar-refractivity contribution in [1.29, 1.82) is 0 Å². The van der Waals surface area contributed by atoms with Crippen LogP contribution in [0, 0.1) is 24.2 Å². The highest BCUT2D eigenvalue weighted by Crippen LogP contribution is 2.39. The van der Waals surface area contributed by atoms with Gasteiger partial charge in [0, 0.05) is 13.6 Å². The molecule has 0 atom stereocenters. The van der Waals surface area contributed by atoms with Crippen LogP contribution >= 0.6 is 24.0 Å². The van der Waals surface area contributed by atoms with Crippen LogP contribution in [0.4, 0.5) is 13.2 Å². The first-order valence-corrected chi connectivity index (χ1v) is 6.42. The van der Waals surface area contributed by atoms with Crippen LogP contribution in [-0.4, -0.2) is 32.3 Å². The molecule has 7 heteroatoms. The van der Waals surface area contributed by atoms with Gasteiger partial charge < -0.3 is 10.6 Å². The van der Waals surface area contributed by atoms with E-state index in [4.69, 9.17) is 6.42 Å². The van der Waals surface area contributed by atoms with Crippen LogP contribution in [0.2, 0.25) is 0 Å². The molecule has 0 unspecified atom stereocenters. The SMILES string of the molecule is C#CCNC(=NC)NCC1CCC(C(F)(F)F)CC1.I. The summed E-state index contributed by atoms with van der Waals surface area (Å²) in [6.45, 7) is 1.01. The van der Waals surface area contributed by atoms with Crippen LogP contribution in [0.3, 0.4) is 0 Å². The minimum atomic E-state index is -4.04. The Balaban J connectivity index is 0.00000361. The van der Waals surface area contributed by atoms with E-state index >= 15 is 0 Å². The fourth-order valence-electron chi connectivity index (χ4n) is 2.29. The molecular formula is C13H21F3IN3. The summed E-state index contributed by atoms with van der Waals surface area (Å²) >= 11 is 0. The van der Waals surface area contributed by atoms with Gasteiger partial charge in [-0.15, -0.1) is 30.4 Å². The topological polar surface area (TPSA) is 36.4 Å². The zero-order chi connectivity index (χ0) is 14.3. The molecule has 0 radical (unpaired) electrons. The summed E-state index contributed by atoms with van der Waals surface area (Å²) in [6.07, 6.45) is 2.74. The summed E-state index contributed by atoms with van der Waals surface area (Å²) in [6, 6.07) is 0. The van der Waals surface area contributed by atoms with Gasteiger partial charge in [0.2, 0.25) is 0 Å². The summed E-state index contributed by atoms with van der Waals surface area (Å²) in [4.78, 5) is 3.98. The Morgan fingerprint density at radius 3 is 2.30 bits per heavy atom. The van der Waals surface area contributed by atoms with Crippen molar-refractivity contribution >= 4 is 29.9 Å². The highest BCUT2D eigenvalue weighted by molar-refractivity contribution is 14.0. The molecule has 116 valence electrons. The first kappa shape index (κ1) is 19.4. The number of nitrogens with one attached hydrogen (secondary N) is 2. The molecule has 20 heavy (non-hydrogen) atoms. The zero-order valence-corrected chi connectivity index (χ0v) is 13.8. The van der Waals surface area contributed by atoms with Crippen LogP contribution in [0.25, 0.3) is 0 Å². The number of guanidine groups is 1. The lowest BCUT2D eigenvalue weighted by Gasteiger charge is -2.30. The average molecular weight is 403 g/mol. The fourth-order valence-corrected chi connectivity index (χ4v) is 2.29. The molecule has 0 bridgehead atoms. The van der Waals surface area contributed by atoms with Gasteiger partial charge in [-0.25, -0.2) is 0 Å². The standard InChI is InChI=1S/C13H20F3N3.HI/c1-3-8-18-12(17-2)19-9-10-4-6-11(7-5-10)13(14,15)16;/h1,10-11H,4-9H2,2H3,(H2,17,18,19);1H. The first-order chi connectivity index (χ1) is 8.97. The number of nitrogens with zero attached hydrogens (tertiary/aromatic N) is 1. The third-order valence-electron chi connectivity index (χ3n) is 3.45. The molecule has 1 aliphatic carbocycles. The van der Waals surface area contributed by atoms with Crippen molar-refractivity contribution in [3.8, 4) is 12.3 Å². The van der Waals surface area contributed by atoms with Crippen molar-refractivity contribution in [3.05, 3.63) is 0 Å². The number of hydrogen-bond acceptors (Lipinski definition) is 1. The van der Waals surface area contributed by atoms with Crippen molar-refractivity contribution < 1.29 is 13.2 Å². The quantitative estimate of drug-likeness (QED) is 0.329. The molecule has 0 saturated heterocycles. The lowest BCUT2D eigenvalue weighted by Crippen LogP contribution is -2.41. The third kappa shape index (κ3) is 6.68. The molecule has 0 amide bonds. The van der Waals surface area contributed by atoms with Crippen molar-refractivity contribution in [3.63, 3.8) is 0 Å². The van der Waals surface area contributed by atoms with Crippen LogP contribution in [0.5, 0.6) is 0 Å². The van der Waals surface area contributed by atoms with Crippen molar-refractivity contribution in [2.24, 2.45) is 16.8 Å². The van der Waals surface area contributed by atoms with Gasteiger partial charge in [0.1, 0.15) is 0 Å². The van der Waals surface area contributed by atoms with Gasteiger partial charge in [-0.05, 0) is 31.6 Å². The van der Waals surface area contributed by atoms with E-state index in [1.54, 1.807) is 7.05 Å². The number of rotatable bonds is 3. The second-order valence-electron chi connectivity index (χ2n) is 4.77. The summed E-state index contributed by atoms with van der Waals surface area (Å²) in [5, 5.41) is 6.00. The monoisotopic (exact) mass is 403 g/mol. The van der Waals surface area contributed by atoms with Gasteiger partial charge in [0.05, 0.1) is 12.5 Å². The van der Waals surface area contributed by atoms with Gasteiger partial charge in [-0.1, -0.05) is 5.92 Å². The largest absolute Gasteiger partial charge is 0.391 e. The third-order valence-corrected chi connectivity index (χ3v) is 3.45. The predicted octanol–water partition coefficient (Wildman–Crippen LogP) is 2.77. The van der Waals surface area contributed by atoms with Crippen LogP contribution in [0.15, 0.2) is 4.99 Å². The van der Waals surface area contributed by atoms with Gasteiger partial charge in [0.15, 0.2) is 5.96 Å². The normalized spacial score (nSPS) is 23.4. The molecule has 0 spiro atoms. The zero-order valence-electron chi connectivity index (χ0n) is 11.5. The van der Waals surface area contributed by atoms with E-state index in [9.17, 15) is 13.2 Å². The maximum atomic E-state index is 12.5. The molecule has 0 heterocycles. The number of alkyl halides is 3. The molecule has 1 saturated carbocycles. The van der Waals surface area contributed by atoms with Crippen LogP contribution in [-0.2, 0) is 0 Å². The smallest absolute Gasteiger partial charge is 0.356 e. The van der Waals surface area contributed by atoms with Gasteiger partial charge in [-0.3, -0.25) is 4.99 Å². The van der Waals surface area contributed by atoms with E-state index in [-0.39, 0.29) is 42.7 Å². The fraction of sp³-hybridized carbons (Fsp3) is 0.769. The maximum absolute atomic E-state index is 12.5. The van der Waals surface area contributed by atoms with Gasteiger partial charge in [-0.2, -0.15) is 13.2 Å². The van der Waals surface area contributed by atoms with Crippen LogP contribution in [0.1, 0.15) is 25.7 Å². The Bertz CT molecular complexity index is 342. The number of halogens is 4. The minimum absolute atomic E-state index is 0. The van der Waals surface area contributed by atoms with Gasteiger partial charge >= 0.3 is 6.18 Å². The number of aliphatic imine (C=N–C) groups is 1. The lowest BCUT2D eigenvalue weighted by atomic mass is 9.81. The van der Waals surface area contributed by atoms with Crippen LogP contribution < -0.4 is 10.6 Å². The molecule has 1 rings (SSSR count). The van der Waals surface area contributed by atoms with E-state index in [2.05, 4.69) is 21.5 Å². The first-order valence-electron chi connectivity index (χ1n) is 6.42. The molecule has 3 nitrogen and oxygen atoms in total. The molecule has 0 aromatic heterocycles. The Labute approximate surface area is 135 Å². The highest BCUT2D eigenvalue weighted by atomic mass is 127. The molecule has 0 aromatic rings. The van der Waals surface area contributed by atoms with Gasteiger partial charge in [0.25, 0.3) is 0 Å². The van der Waals surface area contributed by atoms with E-state index in [0.29, 0.717) is 31.9 Å². The average Bonchev–Trinajstić information content (AvgIpc) is 2.38. The Hall–Kier alpha value is -0.650. The summed E-state index contributed by atoms with van der Waals surface area (Å²) < 4.78 is 37.5. The van der Waals surface area contributed by atoms with E-state index in [1.807, 2.05) is 0 Å². The lowest BCUT2D eigenvalue weighted by molar-refractivity contribution is -0.183. The number of terminal acetylenes is 1. The van der Waals surface area contributed by atoms with Crippen molar-refractivity contribution in [1.82, 2.24) is 10.6 Å². The second-order valence-corrected chi connectivity index (χ2v) is 4.77. The summed E-state index contributed by atoms with van der Waals surface area (Å²) in [5.74, 6) is 2.17. The molecule has 0 aliphatic heterocycles. The Morgan fingerprint density at radius 2 is 1.85 bits per heavy atom. The maximum Gasteiger partial charge on any atom is 0.391 e. The minimum Gasteiger partial charge on any atom is -0.356 e. The summed E-state index contributed by atoms with van der Waals surface area (Å²) in [5.41, 5.74) is 0. The second kappa shape index (κ2) is 9.32. The Kier molecular flexibility index (Phi) is 9.01. The summed E-state index contributed by atoms with van der Waals surface area (Å²) in [7, 11) is 1.63. The molecular weight excluding hydrogens is 382 g/mol.